The maximum Gasteiger partial charge on any atom is 0.276 e. The van der Waals surface area contributed by atoms with Crippen LogP contribution in [0.25, 0.3) is 5.65 Å². The van der Waals surface area contributed by atoms with E-state index in [-0.39, 0.29) is 5.16 Å². The van der Waals surface area contributed by atoms with E-state index in [0.29, 0.717) is 31.5 Å². The highest BCUT2D eigenvalue weighted by Gasteiger charge is 2.32. The van der Waals surface area contributed by atoms with E-state index in [0.717, 1.165) is 24.2 Å². The van der Waals surface area contributed by atoms with Gasteiger partial charge in [-0.05, 0) is 31.7 Å². The molecule has 1 aliphatic rings. The minimum Gasteiger partial charge on any atom is -0.476 e. The maximum absolute atomic E-state index is 12.7. The summed E-state index contributed by atoms with van der Waals surface area (Å²) in [7, 11) is -1.85. The predicted octanol–water partition coefficient (Wildman–Crippen LogP) is 1.25. The van der Waals surface area contributed by atoms with Crippen molar-refractivity contribution in [2.45, 2.75) is 24.9 Å². The Hall–Kier alpha value is -2.46. The van der Waals surface area contributed by atoms with Crippen LogP contribution < -0.4 is 4.74 Å². The summed E-state index contributed by atoms with van der Waals surface area (Å²) in [4.78, 5) is 8.32. The second kappa shape index (κ2) is 6.93. The fourth-order valence-electron chi connectivity index (χ4n) is 3.30. The molecule has 3 aromatic rings. The molecule has 0 atom stereocenters. The average Bonchev–Trinajstić information content (AvgIpc) is 3.24. The molecular weight excluding hydrogens is 368 g/mol. The number of nitrogens with zero attached hydrogens (tertiary/aromatic N) is 6. The first kappa shape index (κ1) is 17.9. The van der Waals surface area contributed by atoms with Crippen LogP contribution in [0, 0.1) is 12.8 Å². The molecule has 0 aliphatic carbocycles. The van der Waals surface area contributed by atoms with Gasteiger partial charge in [-0.15, -0.1) is 5.10 Å². The number of aromatic nitrogens is 5. The smallest absolute Gasteiger partial charge is 0.276 e. The van der Waals surface area contributed by atoms with Crippen LogP contribution in [0.2, 0.25) is 0 Å². The molecule has 1 saturated heterocycles. The number of fused-ring (bicyclic) bond motifs is 1. The molecule has 4 heterocycles. The van der Waals surface area contributed by atoms with Crippen LogP contribution >= 0.6 is 0 Å². The van der Waals surface area contributed by atoms with E-state index in [2.05, 4.69) is 15.1 Å². The molecule has 9 nitrogen and oxygen atoms in total. The first-order valence-electron chi connectivity index (χ1n) is 8.87. The normalized spacial score (nSPS) is 16.8. The Labute approximate surface area is 157 Å². The second-order valence-corrected chi connectivity index (χ2v) is 8.67. The number of hydrogen-bond acceptors (Lipinski definition) is 6. The molecule has 0 aromatic carbocycles. The first-order valence-corrected chi connectivity index (χ1v) is 10.3. The number of sulfonamides is 1. The van der Waals surface area contributed by atoms with Crippen LogP contribution in [0.4, 0.5) is 0 Å². The fourth-order valence-corrected chi connectivity index (χ4v) is 4.84. The number of ether oxygens (including phenoxy) is 1. The Morgan fingerprint density at radius 1 is 1.26 bits per heavy atom. The van der Waals surface area contributed by atoms with Gasteiger partial charge in [0, 0.05) is 38.6 Å². The number of imidazole rings is 2. The zero-order chi connectivity index (χ0) is 19.0. The van der Waals surface area contributed by atoms with Gasteiger partial charge in [-0.2, -0.15) is 4.31 Å². The van der Waals surface area contributed by atoms with Gasteiger partial charge in [0.05, 0.1) is 18.5 Å². The highest BCUT2D eigenvalue weighted by Crippen LogP contribution is 2.23. The van der Waals surface area contributed by atoms with Crippen molar-refractivity contribution in [2.24, 2.45) is 13.0 Å². The van der Waals surface area contributed by atoms with Crippen molar-refractivity contribution in [1.82, 2.24) is 28.5 Å². The van der Waals surface area contributed by atoms with Gasteiger partial charge in [-0.1, -0.05) is 0 Å². The van der Waals surface area contributed by atoms with Crippen molar-refractivity contribution in [3.05, 3.63) is 36.4 Å². The van der Waals surface area contributed by atoms with Crippen LogP contribution in [0.15, 0.2) is 35.9 Å². The summed E-state index contributed by atoms with van der Waals surface area (Å²) in [6.07, 6.45) is 6.48. The largest absolute Gasteiger partial charge is 0.476 e. The summed E-state index contributed by atoms with van der Waals surface area (Å²) in [6, 6.07) is 3.68. The van der Waals surface area contributed by atoms with E-state index in [4.69, 9.17) is 4.74 Å². The average molecular weight is 390 g/mol. The van der Waals surface area contributed by atoms with E-state index >= 15 is 0 Å². The van der Waals surface area contributed by atoms with Crippen LogP contribution in [-0.2, 0) is 17.1 Å². The summed E-state index contributed by atoms with van der Waals surface area (Å²) in [6.45, 7) is 3.37. The Morgan fingerprint density at radius 3 is 2.74 bits per heavy atom. The third kappa shape index (κ3) is 3.54. The highest BCUT2D eigenvalue weighted by molar-refractivity contribution is 7.89. The Balaban J connectivity index is 1.34. The topological polar surface area (TPSA) is 94.6 Å². The van der Waals surface area contributed by atoms with E-state index in [1.54, 1.807) is 17.8 Å². The van der Waals surface area contributed by atoms with E-state index in [9.17, 15) is 8.42 Å². The lowest BCUT2D eigenvalue weighted by atomic mass is 9.99. The van der Waals surface area contributed by atoms with Gasteiger partial charge in [0.15, 0.2) is 5.65 Å². The zero-order valence-corrected chi connectivity index (χ0v) is 16.1. The summed E-state index contributed by atoms with van der Waals surface area (Å²) in [5, 5.41) is 4.48. The summed E-state index contributed by atoms with van der Waals surface area (Å²) < 4.78 is 35.9. The molecule has 1 fully saturated rings. The van der Waals surface area contributed by atoms with Gasteiger partial charge in [0.2, 0.25) is 11.0 Å². The zero-order valence-electron chi connectivity index (χ0n) is 15.3. The van der Waals surface area contributed by atoms with E-state index in [1.807, 2.05) is 25.3 Å². The summed E-state index contributed by atoms with van der Waals surface area (Å²) in [5.74, 6) is 0.836. The molecule has 0 amide bonds. The molecule has 10 heteroatoms. The minimum absolute atomic E-state index is 0.0883. The first-order chi connectivity index (χ1) is 12.9. The molecule has 144 valence electrons. The molecule has 0 spiro atoms. The Morgan fingerprint density at radius 2 is 2.04 bits per heavy atom. The van der Waals surface area contributed by atoms with Crippen LogP contribution in [-0.4, -0.2) is 56.6 Å². The van der Waals surface area contributed by atoms with Gasteiger partial charge in [0.25, 0.3) is 10.0 Å². The van der Waals surface area contributed by atoms with Crippen molar-refractivity contribution < 1.29 is 13.2 Å². The SMILES string of the molecule is Cc1cn2nc(OCC3CCN(S(=O)(=O)c4nccn4C)CC3)ccc2n1. The minimum atomic E-state index is -3.54. The predicted molar refractivity (Wildman–Crippen MR) is 97.9 cm³/mol. The molecule has 4 rings (SSSR count). The fraction of sp³-hybridized carbons (Fsp3) is 0.471. The molecule has 0 N–H and O–H groups in total. The lowest BCUT2D eigenvalue weighted by Gasteiger charge is -2.30. The number of aryl methyl sites for hydroxylation is 2. The van der Waals surface area contributed by atoms with Crippen LogP contribution in [0.3, 0.4) is 0 Å². The molecular formula is C17H22N6O3S. The van der Waals surface area contributed by atoms with Crippen molar-refractivity contribution in [3.63, 3.8) is 0 Å². The van der Waals surface area contributed by atoms with Crippen LogP contribution in [0.5, 0.6) is 5.88 Å². The Kier molecular flexibility index (Phi) is 4.60. The van der Waals surface area contributed by atoms with Gasteiger partial charge in [-0.25, -0.2) is 22.9 Å². The highest BCUT2D eigenvalue weighted by atomic mass is 32.2. The number of rotatable bonds is 5. The summed E-state index contributed by atoms with van der Waals surface area (Å²) in [5.41, 5.74) is 1.69. The van der Waals surface area contributed by atoms with Crippen molar-refractivity contribution >= 4 is 15.7 Å². The number of piperidine rings is 1. The maximum atomic E-state index is 12.7. The van der Waals surface area contributed by atoms with Gasteiger partial charge in [0.1, 0.15) is 0 Å². The molecule has 0 bridgehead atoms. The molecule has 1 aliphatic heterocycles. The Bertz CT molecular complexity index is 1050. The molecule has 27 heavy (non-hydrogen) atoms. The third-order valence-electron chi connectivity index (χ3n) is 4.80. The molecule has 0 unspecified atom stereocenters. The quantitative estimate of drug-likeness (QED) is 0.651. The van der Waals surface area contributed by atoms with Crippen molar-refractivity contribution in [1.29, 1.82) is 0 Å². The number of hydrogen-bond donors (Lipinski definition) is 0. The standard InChI is InChI=1S/C17H22N6O3S/c1-13-11-23-15(19-13)3-4-16(20-23)26-12-14-5-8-22(9-6-14)27(24,25)17-18-7-10-21(17)2/h3-4,7,10-11,14H,5-6,8-9,12H2,1-2H3. The molecule has 0 radical (unpaired) electrons. The van der Waals surface area contributed by atoms with Crippen molar-refractivity contribution in [2.75, 3.05) is 19.7 Å². The second-order valence-electron chi connectivity index (χ2n) is 6.84. The van der Waals surface area contributed by atoms with Gasteiger partial charge in [-0.3, -0.25) is 0 Å². The monoisotopic (exact) mass is 390 g/mol. The third-order valence-corrected chi connectivity index (χ3v) is 6.70. The molecule has 3 aromatic heterocycles. The summed E-state index contributed by atoms with van der Waals surface area (Å²) >= 11 is 0. The van der Waals surface area contributed by atoms with E-state index < -0.39 is 10.0 Å². The van der Waals surface area contributed by atoms with E-state index in [1.165, 1.54) is 15.1 Å². The lowest BCUT2D eigenvalue weighted by Crippen LogP contribution is -2.40. The van der Waals surface area contributed by atoms with Crippen molar-refractivity contribution in [3.8, 4) is 5.88 Å². The lowest BCUT2D eigenvalue weighted by molar-refractivity contribution is 0.179. The van der Waals surface area contributed by atoms with Crippen LogP contribution in [0.1, 0.15) is 18.5 Å². The molecule has 0 saturated carbocycles. The van der Waals surface area contributed by atoms with Gasteiger partial charge < -0.3 is 9.30 Å². The van der Waals surface area contributed by atoms with Gasteiger partial charge >= 0.3 is 0 Å².